The van der Waals surface area contributed by atoms with Gasteiger partial charge >= 0.3 is 0 Å². The highest BCUT2D eigenvalue weighted by molar-refractivity contribution is 7.89. The van der Waals surface area contributed by atoms with Crippen molar-refractivity contribution in [1.29, 1.82) is 0 Å². The lowest BCUT2D eigenvalue weighted by Crippen LogP contribution is -2.49. The Morgan fingerprint density at radius 3 is 2.81 bits per heavy atom. The predicted molar refractivity (Wildman–Crippen MR) is 119 cm³/mol. The average Bonchev–Trinajstić information content (AvgIpc) is 3.19. The van der Waals surface area contributed by atoms with Crippen LogP contribution in [0.1, 0.15) is 10.4 Å². The van der Waals surface area contributed by atoms with Crippen LogP contribution in [0.5, 0.6) is 0 Å². The van der Waals surface area contributed by atoms with Gasteiger partial charge < -0.3 is 16.0 Å². The molecule has 3 N–H and O–H groups in total. The van der Waals surface area contributed by atoms with Crippen molar-refractivity contribution in [1.82, 2.24) is 19.9 Å². The monoisotopic (exact) mass is 459 g/mol. The van der Waals surface area contributed by atoms with Crippen molar-refractivity contribution in [3.05, 3.63) is 54.1 Å². The maximum atomic E-state index is 12.8. The van der Waals surface area contributed by atoms with Crippen LogP contribution in [0.3, 0.4) is 0 Å². The van der Waals surface area contributed by atoms with Crippen molar-refractivity contribution in [2.75, 3.05) is 38.0 Å². The predicted octanol–water partition coefficient (Wildman–Crippen LogP) is 1.26. The minimum Gasteiger partial charge on any atom is -0.360 e. The van der Waals surface area contributed by atoms with Gasteiger partial charge in [-0.15, -0.1) is 0 Å². The number of amides is 2. The number of thiazole rings is 1. The summed E-state index contributed by atoms with van der Waals surface area (Å²) in [5.74, 6) is -0.719. The number of nitrogens with zero attached hydrogens (tertiary/aromatic N) is 2. The molecule has 1 fully saturated rings. The molecule has 0 radical (unpaired) electrons. The van der Waals surface area contributed by atoms with Crippen LogP contribution in [-0.2, 0) is 14.8 Å². The summed E-state index contributed by atoms with van der Waals surface area (Å²) in [5, 5.41) is 9.31. The van der Waals surface area contributed by atoms with E-state index in [0.29, 0.717) is 13.1 Å². The van der Waals surface area contributed by atoms with Gasteiger partial charge in [0, 0.05) is 31.7 Å². The minimum absolute atomic E-state index is 0.0116. The summed E-state index contributed by atoms with van der Waals surface area (Å²) >= 11 is 1.54. The lowest BCUT2D eigenvalue weighted by Gasteiger charge is -2.26. The van der Waals surface area contributed by atoms with E-state index in [-0.39, 0.29) is 41.9 Å². The van der Waals surface area contributed by atoms with Crippen molar-refractivity contribution in [3.63, 3.8) is 0 Å². The molecule has 11 heteroatoms. The number of carbonyl (C=O) groups is 2. The summed E-state index contributed by atoms with van der Waals surface area (Å²) in [6.07, 6.45) is 0. The summed E-state index contributed by atoms with van der Waals surface area (Å²) in [4.78, 5) is 28.5. The standard InChI is InChI=1S/C20H21N5O4S2/c26-18-13-25(11-10-21-18)31(28,29)15-5-3-4-14(12-15)19(27)22-8-9-23-20-24-16-6-1-2-7-17(16)30-20/h1-7,12H,8-11,13H2,(H,21,26)(H,22,27)(H,23,24). The zero-order valence-corrected chi connectivity index (χ0v) is 18.1. The van der Waals surface area contributed by atoms with Gasteiger partial charge in [0.25, 0.3) is 5.91 Å². The number of nitrogens with one attached hydrogen (secondary N) is 3. The molecule has 1 aromatic heterocycles. The molecule has 2 heterocycles. The second-order valence-corrected chi connectivity index (χ2v) is 9.85. The zero-order chi connectivity index (χ0) is 21.8. The topological polar surface area (TPSA) is 121 Å². The Labute approximate surface area is 183 Å². The number of sulfonamides is 1. The first kappa shape index (κ1) is 21.2. The highest BCUT2D eigenvalue weighted by atomic mass is 32.2. The quantitative estimate of drug-likeness (QED) is 0.458. The molecule has 0 atom stereocenters. The van der Waals surface area contributed by atoms with Crippen molar-refractivity contribution >= 4 is 48.5 Å². The third kappa shape index (κ3) is 4.84. The van der Waals surface area contributed by atoms with Gasteiger partial charge in [-0.05, 0) is 30.3 Å². The SMILES string of the molecule is O=C1CN(S(=O)(=O)c2cccc(C(=O)NCCNc3nc4ccccc4s3)c2)CCN1. The average molecular weight is 460 g/mol. The van der Waals surface area contributed by atoms with E-state index in [0.717, 1.165) is 19.7 Å². The van der Waals surface area contributed by atoms with E-state index in [4.69, 9.17) is 0 Å². The number of carbonyl (C=O) groups excluding carboxylic acids is 2. The van der Waals surface area contributed by atoms with Crippen molar-refractivity contribution in [2.45, 2.75) is 4.90 Å². The second-order valence-electron chi connectivity index (χ2n) is 6.89. The van der Waals surface area contributed by atoms with Gasteiger partial charge in [0.05, 0.1) is 21.7 Å². The Bertz CT molecular complexity index is 1190. The normalized spacial score (nSPS) is 14.9. The molecule has 0 saturated carbocycles. The smallest absolute Gasteiger partial charge is 0.251 e. The van der Waals surface area contributed by atoms with Crippen LogP contribution in [0.15, 0.2) is 53.4 Å². The Hall–Kier alpha value is -3.02. The maximum Gasteiger partial charge on any atom is 0.251 e. The summed E-state index contributed by atoms with van der Waals surface area (Å²) in [6.45, 7) is 1.06. The number of aromatic nitrogens is 1. The summed E-state index contributed by atoms with van der Waals surface area (Å²) < 4.78 is 27.8. The molecule has 0 unspecified atom stereocenters. The second kappa shape index (κ2) is 9.00. The van der Waals surface area contributed by atoms with Crippen molar-refractivity contribution in [3.8, 4) is 0 Å². The van der Waals surface area contributed by atoms with Crippen LogP contribution in [0.25, 0.3) is 10.2 Å². The number of hydrogen-bond acceptors (Lipinski definition) is 7. The number of rotatable bonds is 7. The molecular formula is C20H21N5O4S2. The third-order valence-electron chi connectivity index (χ3n) is 4.72. The molecular weight excluding hydrogens is 438 g/mol. The number of para-hydroxylation sites is 1. The minimum atomic E-state index is -3.85. The van der Waals surface area contributed by atoms with Crippen LogP contribution in [0.2, 0.25) is 0 Å². The van der Waals surface area contributed by atoms with Gasteiger partial charge in [-0.2, -0.15) is 4.31 Å². The number of fused-ring (bicyclic) bond motifs is 1. The third-order valence-corrected chi connectivity index (χ3v) is 7.55. The van der Waals surface area contributed by atoms with E-state index in [2.05, 4.69) is 20.9 Å². The van der Waals surface area contributed by atoms with Crippen molar-refractivity contribution in [2.24, 2.45) is 0 Å². The molecule has 4 rings (SSSR count). The lowest BCUT2D eigenvalue weighted by molar-refractivity contribution is -0.122. The Morgan fingerprint density at radius 2 is 2.00 bits per heavy atom. The van der Waals surface area contributed by atoms with Gasteiger partial charge in [0.2, 0.25) is 15.9 Å². The van der Waals surface area contributed by atoms with Crippen LogP contribution >= 0.6 is 11.3 Å². The highest BCUT2D eigenvalue weighted by Crippen LogP contribution is 2.25. The molecule has 31 heavy (non-hydrogen) atoms. The number of anilines is 1. The van der Waals surface area contributed by atoms with E-state index in [9.17, 15) is 18.0 Å². The maximum absolute atomic E-state index is 12.8. The molecule has 0 bridgehead atoms. The molecule has 0 spiro atoms. The molecule has 162 valence electrons. The fraction of sp³-hybridized carbons (Fsp3) is 0.250. The van der Waals surface area contributed by atoms with Crippen LogP contribution in [0.4, 0.5) is 5.13 Å². The molecule has 2 amide bonds. The van der Waals surface area contributed by atoms with Gasteiger partial charge in [0.15, 0.2) is 5.13 Å². The Kier molecular flexibility index (Phi) is 6.16. The van der Waals surface area contributed by atoms with E-state index in [1.807, 2.05) is 24.3 Å². The van der Waals surface area contributed by atoms with E-state index >= 15 is 0 Å². The highest BCUT2D eigenvalue weighted by Gasteiger charge is 2.29. The molecule has 2 aromatic carbocycles. The first-order valence-electron chi connectivity index (χ1n) is 9.68. The molecule has 0 aliphatic carbocycles. The van der Waals surface area contributed by atoms with Crippen molar-refractivity contribution < 1.29 is 18.0 Å². The van der Waals surface area contributed by atoms with Crippen LogP contribution in [0, 0.1) is 0 Å². The first-order valence-corrected chi connectivity index (χ1v) is 11.9. The number of benzene rings is 2. The van der Waals surface area contributed by atoms with Crippen LogP contribution in [-0.4, -0.2) is 62.2 Å². The van der Waals surface area contributed by atoms with E-state index < -0.39 is 10.0 Å². The van der Waals surface area contributed by atoms with Gasteiger partial charge in [-0.1, -0.05) is 29.5 Å². The summed E-state index contributed by atoms with van der Waals surface area (Å²) in [7, 11) is -3.85. The lowest BCUT2D eigenvalue weighted by atomic mass is 10.2. The Balaban J connectivity index is 1.35. The largest absolute Gasteiger partial charge is 0.360 e. The Morgan fingerprint density at radius 1 is 1.16 bits per heavy atom. The van der Waals surface area contributed by atoms with E-state index in [1.165, 1.54) is 29.5 Å². The molecule has 1 aliphatic rings. The zero-order valence-electron chi connectivity index (χ0n) is 16.5. The van der Waals surface area contributed by atoms with Gasteiger partial charge in [0.1, 0.15) is 0 Å². The van der Waals surface area contributed by atoms with Gasteiger partial charge in [-0.25, -0.2) is 13.4 Å². The molecule has 9 nitrogen and oxygen atoms in total. The summed E-state index contributed by atoms with van der Waals surface area (Å²) in [5.41, 5.74) is 1.16. The fourth-order valence-electron chi connectivity index (χ4n) is 3.16. The first-order chi connectivity index (χ1) is 14.9. The molecule has 1 aliphatic heterocycles. The molecule has 3 aromatic rings. The van der Waals surface area contributed by atoms with Gasteiger partial charge in [-0.3, -0.25) is 9.59 Å². The molecule has 1 saturated heterocycles. The van der Waals surface area contributed by atoms with Crippen LogP contribution < -0.4 is 16.0 Å². The summed E-state index contributed by atoms with van der Waals surface area (Å²) in [6, 6.07) is 13.7. The van der Waals surface area contributed by atoms with E-state index in [1.54, 1.807) is 6.07 Å². The number of piperazine rings is 1. The fourth-order valence-corrected chi connectivity index (χ4v) is 5.50. The number of hydrogen-bond donors (Lipinski definition) is 3.